The van der Waals surface area contributed by atoms with Gasteiger partial charge in [-0.2, -0.15) is 5.10 Å². The number of nitrogens with zero attached hydrogens (tertiary/aromatic N) is 1. The summed E-state index contributed by atoms with van der Waals surface area (Å²) in [5.74, 6) is 0.620. The summed E-state index contributed by atoms with van der Waals surface area (Å²) in [5.41, 5.74) is 5.65. The molecule has 0 bridgehead atoms. The van der Waals surface area contributed by atoms with Gasteiger partial charge in [0.05, 0.1) is 10.6 Å². The van der Waals surface area contributed by atoms with E-state index in [1.807, 2.05) is 37.3 Å². The Morgan fingerprint density at radius 3 is 3.00 bits per heavy atom. The SMILES string of the molecule is CC[C@@H]1CCc2sc(C(=O)N/N=C(/C)c3cccc(Cl)c3)cc2C1. The Morgan fingerprint density at radius 1 is 1.42 bits per heavy atom. The molecule has 1 aromatic carbocycles. The molecular weight excluding hydrogens is 340 g/mol. The molecule has 2 aromatic rings. The highest BCUT2D eigenvalue weighted by Gasteiger charge is 2.21. The third kappa shape index (κ3) is 3.87. The molecule has 0 aliphatic heterocycles. The highest BCUT2D eigenvalue weighted by Crippen LogP contribution is 2.33. The van der Waals surface area contributed by atoms with E-state index in [0.717, 1.165) is 34.9 Å². The van der Waals surface area contributed by atoms with Crippen molar-refractivity contribution < 1.29 is 4.79 Å². The van der Waals surface area contributed by atoms with Crippen LogP contribution in [0.3, 0.4) is 0 Å². The average Bonchev–Trinajstić information content (AvgIpc) is 3.02. The van der Waals surface area contributed by atoms with Gasteiger partial charge in [-0.25, -0.2) is 5.43 Å². The molecule has 1 aliphatic carbocycles. The zero-order chi connectivity index (χ0) is 17.1. The number of hydrazone groups is 1. The molecule has 0 fully saturated rings. The average molecular weight is 361 g/mol. The molecule has 126 valence electrons. The first kappa shape index (κ1) is 17.2. The van der Waals surface area contributed by atoms with E-state index < -0.39 is 0 Å². The van der Waals surface area contributed by atoms with Crippen LogP contribution in [0.5, 0.6) is 0 Å². The standard InChI is InChI=1S/C19H21ClN2OS/c1-3-13-7-8-17-15(9-13)11-18(24-17)19(23)22-21-12(2)14-5-4-6-16(20)10-14/h4-6,10-11,13H,3,7-9H2,1-2H3,(H,22,23)/b21-12-/t13-/m1/s1. The fraction of sp³-hybridized carbons (Fsp3) is 0.368. The number of hydrogen-bond donors (Lipinski definition) is 1. The summed E-state index contributed by atoms with van der Waals surface area (Å²) in [6.07, 6.45) is 4.63. The van der Waals surface area contributed by atoms with E-state index in [4.69, 9.17) is 11.6 Å². The molecule has 1 amide bonds. The number of carbonyl (C=O) groups is 1. The molecule has 24 heavy (non-hydrogen) atoms. The number of halogens is 1. The van der Waals surface area contributed by atoms with Crippen LogP contribution in [0, 0.1) is 5.92 Å². The van der Waals surface area contributed by atoms with Gasteiger partial charge in [-0.3, -0.25) is 4.79 Å². The van der Waals surface area contributed by atoms with Crippen molar-refractivity contribution in [3.63, 3.8) is 0 Å². The molecule has 1 heterocycles. The monoisotopic (exact) mass is 360 g/mol. The molecule has 0 saturated heterocycles. The summed E-state index contributed by atoms with van der Waals surface area (Å²) in [4.78, 5) is 14.5. The molecule has 1 aliphatic rings. The summed E-state index contributed by atoms with van der Waals surface area (Å²) in [5, 5.41) is 4.87. The maximum absolute atomic E-state index is 12.4. The zero-order valence-corrected chi connectivity index (χ0v) is 15.5. The van der Waals surface area contributed by atoms with Crippen molar-refractivity contribution in [2.75, 3.05) is 0 Å². The molecule has 1 aromatic heterocycles. The van der Waals surface area contributed by atoms with Gasteiger partial charge in [0.1, 0.15) is 0 Å². The molecule has 1 N–H and O–H groups in total. The van der Waals surface area contributed by atoms with Gasteiger partial charge in [0, 0.05) is 9.90 Å². The second-order valence-electron chi connectivity index (χ2n) is 6.22. The maximum atomic E-state index is 12.4. The molecule has 0 spiro atoms. The van der Waals surface area contributed by atoms with Gasteiger partial charge < -0.3 is 0 Å². The summed E-state index contributed by atoms with van der Waals surface area (Å²) >= 11 is 7.59. The quantitative estimate of drug-likeness (QED) is 0.600. The lowest BCUT2D eigenvalue weighted by molar-refractivity contribution is 0.0959. The van der Waals surface area contributed by atoms with Gasteiger partial charge >= 0.3 is 0 Å². The third-order valence-electron chi connectivity index (χ3n) is 4.55. The zero-order valence-electron chi connectivity index (χ0n) is 13.9. The molecule has 0 radical (unpaired) electrons. The first-order valence-electron chi connectivity index (χ1n) is 8.29. The Kier molecular flexibility index (Phi) is 5.36. The molecule has 5 heteroatoms. The minimum absolute atomic E-state index is 0.135. The molecule has 0 saturated carbocycles. The summed E-state index contributed by atoms with van der Waals surface area (Å²) in [7, 11) is 0. The van der Waals surface area contributed by atoms with E-state index >= 15 is 0 Å². The molecule has 3 rings (SSSR count). The van der Waals surface area contributed by atoms with E-state index in [0.29, 0.717) is 5.02 Å². The minimum atomic E-state index is -0.135. The van der Waals surface area contributed by atoms with Gasteiger partial charge in [-0.05, 0) is 61.4 Å². The Labute approximate surface area is 151 Å². The van der Waals surface area contributed by atoms with E-state index in [1.54, 1.807) is 11.3 Å². The number of carbonyl (C=O) groups excluding carboxylic acids is 1. The van der Waals surface area contributed by atoms with Crippen molar-refractivity contribution in [1.82, 2.24) is 5.43 Å². The van der Waals surface area contributed by atoms with Crippen LogP contribution in [0.25, 0.3) is 0 Å². The molecule has 3 nitrogen and oxygen atoms in total. The largest absolute Gasteiger partial charge is 0.281 e. The Balaban J connectivity index is 1.69. The molecule has 1 atom stereocenters. The minimum Gasteiger partial charge on any atom is -0.266 e. The fourth-order valence-electron chi connectivity index (χ4n) is 3.03. The lowest BCUT2D eigenvalue weighted by Crippen LogP contribution is -2.18. The summed E-state index contributed by atoms with van der Waals surface area (Å²) in [6, 6.07) is 9.49. The van der Waals surface area contributed by atoms with Crippen molar-refractivity contribution >= 4 is 34.6 Å². The highest BCUT2D eigenvalue weighted by molar-refractivity contribution is 7.14. The lowest BCUT2D eigenvalue weighted by Gasteiger charge is -2.19. The van der Waals surface area contributed by atoms with Crippen LogP contribution in [-0.4, -0.2) is 11.6 Å². The van der Waals surface area contributed by atoms with Crippen LogP contribution >= 0.6 is 22.9 Å². The third-order valence-corrected chi connectivity index (χ3v) is 6.02. The first-order valence-corrected chi connectivity index (χ1v) is 9.48. The topological polar surface area (TPSA) is 41.5 Å². The van der Waals surface area contributed by atoms with Crippen LogP contribution in [0.4, 0.5) is 0 Å². The van der Waals surface area contributed by atoms with Gasteiger partial charge in [0.25, 0.3) is 5.91 Å². The number of amides is 1. The number of nitrogens with one attached hydrogen (secondary N) is 1. The lowest BCUT2D eigenvalue weighted by atomic mass is 9.87. The van der Waals surface area contributed by atoms with Crippen molar-refractivity contribution in [3.8, 4) is 0 Å². The summed E-state index contributed by atoms with van der Waals surface area (Å²) < 4.78 is 0. The predicted octanol–water partition coefficient (Wildman–Crippen LogP) is 5.07. The van der Waals surface area contributed by atoms with Gasteiger partial charge in [0.2, 0.25) is 0 Å². The normalized spacial score (nSPS) is 17.5. The van der Waals surface area contributed by atoms with E-state index in [9.17, 15) is 4.79 Å². The van der Waals surface area contributed by atoms with Crippen molar-refractivity contribution in [2.45, 2.75) is 39.5 Å². The summed E-state index contributed by atoms with van der Waals surface area (Å²) in [6.45, 7) is 4.10. The van der Waals surface area contributed by atoms with Crippen molar-refractivity contribution in [3.05, 3.63) is 56.2 Å². The Bertz CT molecular complexity index is 781. The molecule has 0 unspecified atom stereocenters. The van der Waals surface area contributed by atoms with Crippen LogP contribution in [-0.2, 0) is 12.8 Å². The second kappa shape index (κ2) is 7.49. The molecular formula is C19H21ClN2OS. The van der Waals surface area contributed by atoms with E-state index in [1.165, 1.54) is 23.3 Å². The number of hydrogen-bond acceptors (Lipinski definition) is 3. The first-order chi connectivity index (χ1) is 11.6. The number of thiophene rings is 1. The second-order valence-corrected chi connectivity index (χ2v) is 7.80. The van der Waals surface area contributed by atoms with Crippen LogP contribution in [0.15, 0.2) is 35.4 Å². The highest BCUT2D eigenvalue weighted by atomic mass is 35.5. The van der Waals surface area contributed by atoms with E-state index in [2.05, 4.69) is 17.5 Å². The smallest absolute Gasteiger partial charge is 0.266 e. The van der Waals surface area contributed by atoms with Gasteiger partial charge in [-0.1, -0.05) is 37.1 Å². The van der Waals surface area contributed by atoms with E-state index in [-0.39, 0.29) is 5.91 Å². The predicted molar refractivity (Wildman–Crippen MR) is 101 cm³/mol. The number of fused-ring (bicyclic) bond motifs is 1. The number of aryl methyl sites for hydroxylation is 1. The van der Waals surface area contributed by atoms with Crippen molar-refractivity contribution in [2.24, 2.45) is 11.0 Å². The van der Waals surface area contributed by atoms with Crippen LogP contribution < -0.4 is 5.43 Å². The Hall–Kier alpha value is -1.65. The van der Waals surface area contributed by atoms with Crippen LogP contribution in [0.1, 0.15) is 52.4 Å². The Morgan fingerprint density at radius 2 is 2.25 bits per heavy atom. The number of benzene rings is 1. The van der Waals surface area contributed by atoms with Gasteiger partial charge in [0.15, 0.2) is 0 Å². The maximum Gasteiger partial charge on any atom is 0.281 e. The van der Waals surface area contributed by atoms with Gasteiger partial charge in [-0.15, -0.1) is 11.3 Å². The fourth-order valence-corrected chi connectivity index (χ4v) is 4.32. The van der Waals surface area contributed by atoms with Crippen molar-refractivity contribution in [1.29, 1.82) is 0 Å². The number of rotatable bonds is 4. The van der Waals surface area contributed by atoms with Crippen LogP contribution in [0.2, 0.25) is 5.02 Å².